The van der Waals surface area contributed by atoms with Crippen LogP contribution in [0.2, 0.25) is 0 Å². The largest absolute Gasteiger partial charge is 0.482 e. The number of fused-ring (bicyclic) bond motifs is 1. The van der Waals surface area contributed by atoms with Crippen molar-refractivity contribution in [2.24, 2.45) is 0 Å². The molecule has 28 heavy (non-hydrogen) atoms. The molecule has 146 valence electrons. The third-order valence-electron chi connectivity index (χ3n) is 4.60. The lowest BCUT2D eigenvalue weighted by Gasteiger charge is -2.11. The van der Waals surface area contributed by atoms with Gasteiger partial charge < -0.3 is 18.8 Å². The number of anilines is 1. The van der Waals surface area contributed by atoms with E-state index in [1.165, 1.54) is 7.11 Å². The average Bonchev–Trinajstić information content (AvgIpc) is 3.00. The van der Waals surface area contributed by atoms with Crippen LogP contribution in [0.25, 0.3) is 11.0 Å². The number of hydrogen-bond donors (Lipinski definition) is 0. The van der Waals surface area contributed by atoms with Crippen LogP contribution in [0.1, 0.15) is 27.2 Å². The van der Waals surface area contributed by atoms with Crippen LogP contribution in [-0.4, -0.2) is 39.6 Å². The zero-order valence-corrected chi connectivity index (χ0v) is 16.7. The maximum atomic E-state index is 13.2. The lowest BCUT2D eigenvalue weighted by molar-refractivity contribution is -0.142. The summed E-state index contributed by atoms with van der Waals surface area (Å²) in [6.45, 7) is 3.45. The van der Waals surface area contributed by atoms with E-state index in [2.05, 4.69) is 4.74 Å². The zero-order valence-electron chi connectivity index (χ0n) is 16.7. The lowest BCUT2D eigenvalue weighted by atomic mass is 9.98. The van der Waals surface area contributed by atoms with E-state index in [9.17, 15) is 9.59 Å². The normalized spacial score (nSPS) is 10.8. The highest BCUT2D eigenvalue weighted by Crippen LogP contribution is 2.31. The predicted octanol–water partition coefficient (Wildman–Crippen LogP) is 3.90. The molecule has 0 N–H and O–H groups in total. The fourth-order valence-electron chi connectivity index (χ4n) is 3.06. The van der Waals surface area contributed by atoms with Crippen molar-refractivity contribution in [3.05, 3.63) is 58.8 Å². The highest BCUT2D eigenvalue weighted by atomic mass is 16.6. The Morgan fingerprint density at radius 2 is 1.82 bits per heavy atom. The van der Waals surface area contributed by atoms with Gasteiger partial charge in [-0.2, -0.15) is 0 Å². The standard InChI is InChI=1S/C22H23NO5/c1-13-10-15(6-9-18(13)27-12-20(24)26-5)22(25)21-14(2)28-19-11-16(23(3)4)7-8-17(19)21/h6-11H,12H2,1-5H3. The average molecular weight is 381 g/mol. The molecule has 0 bridgehead atoms. The van der Waals surface area contributed by atoms with Gasteiger partial charge in [0.2, 0.25) is 0 Å². The van der Waals surface area contributed by atoms with Gasteiger partial charge in [-0.05, 0) is 49.7 Å². The van der Waals surface area contributed by atoms with Crippen LogP contribution in [0.4, 0.5) is 5.69 Å². The Morgan fingerprint density at radius 1 is 1.07 bits per heavy atom. The second-order valence-electron chi connectivity index (χ2n) is 6.78. The van der Waals surface area contributed by atoms with Crippen molar-refractivity contribution in [2.45, 2.75) is 13.8 Å². The number of ether oxygens (including phenoxy) is 2. The van der Waals surface area contributed by atoms with Gasteiger partial charge in [0.15, 0.2) is 12.4 Å². The van der Waals surface area contributed by atoms with Crippen molar-refractivity contribution in [1.29, 1.82) is 0 Å². The number of hydrogen-bond acceptors (Lipinski definition) is 6. The van der Waals surface area contributed by atoms with Crippen molar-refractivity contribution in [2.75, 3.05) is 32.7 Å². The molecule has 0 unspecified atom stereocenters. The molecule has 0 radical (unpaired) electrons. The summed E-state index contributed by atoms with van der Waals surface area (Å²) in [5.74, 6) is 0.541. The summed E-state index contributed by atoms with van der Waals surface area (Å²) in [7, 11) is 5.21. The van der Waals surface area contributed by atoms with E-state index in [4.69, 9.17) is 9.15 Å². The van der Waals surface area contributed by atoms with Crippen molar-refractivity contribution in [3.8, 4) is 5.75 Å². The Bertz CT molecular complexity index is 1050. The third-order valence-corrected chi connectivity index (χ3v) is 4.60. The van der Waals surface area contributed by atoms with Gasteiger partial charge in [-0.3, -0.25) is 4.79 Å². The Morgan fingerprint density at radius 3 is 2.46 bits per heavy atom. The summed E-state index contributed by atoms with van der Waals surface area (Å²) < 4.78 is 15.8. The van der Waals surface area contributed by atoms with E-state index < -0.39 is 5.97 Å². The van der Waals surface area contributed by atoms with Gasteiger partial charge in [-0.15, -0.1) is 0 Å². The second-order valence-corrected chi connectivity index (χ2v) is 6.78. The number of esters is 1. The molecule has 0 saturated carbocycles. The predicted molar refractivity (Wildman–Crippen MR) is 107 cm³/mol. The fourth-order valence-corrected chi connectivity index (χ4v) is 3.06. The zero-order chi connectivity index (χ0) is 20.4. The number of furan rings is 1. The molecular formula is C22H23NO5. The van der Waals surface area contributed by atoms with Crippen molar-refractivity contribution < 1.29 is 23.5 Å². The van der Waals surface area contributed by atoms with Crippen LogP contribution in [0.15, 0.2) is 40.8 Å². The topological polar surface area (TPSA) is 69.0 Å². The van der Waals surface area contributed by atoms with Gasteiger partial charge in [-0.1, -0.05) is 0 Å². The maximum absolute atomic E-state index is 13.2. The number of rotatable bonds is 6. The van der Waals surface area contributed by atoms with Crippen LogP contribution in [-0.2, 0) is 9.53 Å². The third kappa shape index (κ3) is 3.71. The molecule has 0 aliphatic heterocycles. The van der Waals surface area contributed by atoms with E-state index in [1.807, 2.05) is 44.1 Å². The number of aryl methyl sites for hydroxylation is 2. The Balaban J connectivity index is 1.93. The first kappa shape index (κ1) is 19.5. The minimum absolute atomic E-state index is 0.114. The maximum Gasteiger partial charge on any atom is 0.343 e. The number of ketones is 1. The van der Waals surface area contributed by atoms with Gasteiger partial charge >= 0.3 is 5.97 Å². The number of nitrogens with zero attached hydrogens (tertiary/aromatic N) is 1. The fraction of sp³-hybridized carbons (Fsp3) is 0.273. The summed E-state index contributed by atoms with van der Waals surface area (Å²) in [6.07, 6.45) is 0. The molecule has 0 aliphatic carbocycles. The minimum atomic E-state index is -0.461. The monoisotopic (exact) mass is 381 g/mol. The molecular weight excluding hydrogens is 358 g/mol. The van der Waals surface area contributed by atoms with Gasteiger partial charge in [0.05, 0.1) is 12.7 Å². The van der Waals surface area contributed by atoms with Crippen LogP contribution in [0, 0.1) is 13.8 Å². The molecule has 3 rings (SSSR count). The van der Waals surface area contributed by atoms with Gasteiger partial charge in [-0.25, -0.2) is 4.79 Å². The molecule has 6 nitrogen and oxygen atoms in total. The molecule has 0 fully saturated rings. The number of methoxy groups -OCH3 is 1. The van der Waals surface area contributed by atoms with E-state index in [1.54, 1.807) is 25.1 Å². The van der Waals surface area contributed by atoms with Gasteiger partial charge in [0, 0.05) is 36.8 Å². The minimum Gasteiger partial charge on any atom is -0.482 e. The van der Waals surface area contributed by atoms with Gasteiger partial charge in [0.25, 0.3) is 0 Å². The summed E-state index contributed by atoms with van der Waals surface area (Å²) >= 11 is 0. The summed E-state index contributed by atoms with van der Waals surface area (Å²) in [6, 6.07) is 10.9. The van der Waals surface area contributed by atoms with Crippen molar-refractivity contribution >= 4 is 28.4 Å². The molecule has 0 amide bonds. The molecule has 0 saturated heterocycles. The molecule has 3 aromatic rings. The highest BCUT2D eigenvalue weighted by Gasteiger charge is 2.21. The molecule has 1 heterocycles. The van der Waals surface area contributed by atoms with Crippen LogP contribution < -0.4 is 9.64 Å². The van der Waals surface area contributed by atoms with E-state index in [-0.39, 0.29) is 12.4 Å². The first-order valence-electron chi connectivity index (χ1n) is 8.87. The van der Waals surface area contributed by atoms with E-state index in [0.29, 0.717) is 28.2 Å². The number of carbonyl (C=O) groups excluding carboxylic acids is 2. The molecule has 6 heteroatoms. The Hall–Kier alpha value is -3.28. The highest BCUT2D eigenvalue weighted by molar-refractivity contribution is 6.17. The quantitative estimate of drug-likeness (QED) is 0.476. The van der Waals surface area contributed by atoms with Crippen molar-refractivity contribution in [3.63, 3.8) is 0 Å². The number of carbonyl (C=O) groups is 2. The molecule has 0 spiro atoms. The second kappa shape index (κ2) is 7.76. The Labute approximate surface area is 163 Å². The van der Waals surface area contributed by atoms with Gasteiger partial charge in [0.1, 0.15) is 17.1 Å². The molecule has 0 atom stereocenters. The van der Waals surface area contributed by atoms with Crippen LogP contribution in [0.5, 0.6) is 5.75 Å². The molecule has 2 aromatic carbocycles. The van der Waals surface area contributed by atoms with Crippen LogP contribution in [0.3, 0.4) is 0 Å². The smallest absolute Gasteiger partial charge is 0.343 e. The summed E-state index contributed by atoms with van der Waals surface area (Å²) in [5, 5.41) is 0.789. The molecule has 1 aromatic heterocycles. The molecule has 0 aliphatic rings. The first-order chi connectivity index (χ1) is 13.3. The lowest BCUT2D eigenvalue weighted by Crippen LogP contribution is -2.13. The number of benzene rings is 2. The summed E-state index contributed by atoms with van der Waals surface area (Å²) in [4.78, 5) is 26.4. The summed E-state index contributed by atoms with van der Waals surface area (Å²) in [5.41, 5.74) is 3.54. The Kier molecular flexibility index (Phi) is 5.40. The van der Waals surface area contributed by atoms with E-state index in [0.717, 1.165) is 16.6 Å². The van der Waals surface area contributed by atoms with Crippen molar-refractivity contribution in [1.82, 2.24) is 0 Å². The van der Waals surface area contributed by atoms with E-state index >= 15 is 0 Å². The SMILES string of the molecule is COC(=O)COc1ccc(C(=O)c2c(C)oc3cc(N(C)C)ccc23)cc1C. The van der Waals surface area contributed by atoms with Crippen LogP contribution >= 0.6 is 0 Å². The first-order valence-corrected chi connectivity index (χ1v) is 8.87.